The number of nitrogens with zero attached hydrogens (tertiary/aromatic N) is 2. The maximum atomic E-state index is 13.6. The van der Waals surface area contributed by atoms with E-state index in [2.05, 4.69) is 48.5 Å². The van der Waals surface area contributed by atoms with Crippen LogP contribution in [0.2, 0.25) is 0 Å². The first-order valence-corrected chi connectivity index (χ1v) is 10.4. The van der Waals surface area contributed by atoms with Crippen LogP contribution in [0.1, 0.15) is 0 Å². The van der Waals surface area contributed by atoms with Crippen LogP contribution in [0, 0.1) is 0 Å². The van der Waals surface area contributed by atoms with E-state index >= 15 is 0 Å². The van der Waals surface area contributed by atoms with Crippen LogP contribution in [0.3, 0.4) is 0 Å². The maximum Gasteiger partial charge on any atom is 0.264 e. The Balaban J connectivity index is 1.83. The molecule has 31 heavy (non-hydrogen) atoms. The molecule has 7 rings (SSSR count). The number of rotatable bonds is 1. The maximum absolute atomic E-state index is 13.6. The monoisotopic (exact) mass is 396 g/mol. The molecule has 5 aromatic carbocycles. The Hall–Kier alpha value is -4.24. The Morgan fingerprint density at radius 2 is 1.29 bits per heavy atom. The van der Waals surface area contributed by atoms with Crippen LogP contribution in [-0.2, 0) is 0 Å². The summed E-state index contributed by atoms with van der Waals surface area (Å²) in [4.78, 5) is 18.6. The van der Waals surface area contributed by atoms with Crippen LogP contribution < -0.4 is 5.56 Å². The summed E-state index contributed by atoms with van der Waals surface area (Å²) in [5.41, 5.74) is 2.65. The van der Waals surface area contributed by atoms with E-state index in [0.29, 0.717) is 11.2 Å². The van der Waals surface area contributed by atoms with Crippen molar-refractivity contribution in [3.8, 4) is 11.4 Å². The van der Waals surface area contributed by atoms with Gasteiger partial charge in [-0.15, -0.1) is 0 Å². The molecular weight excluding hydrogens is 380 g/mol. The minimum atomic E-state index is -0.0235. The van der Waals surface area contributed by atoms with Crippen LogP contribution in [0.4, 0.5) is 0 Å². The van der Waals surface area contributed by atoms with Crippen molar-refractivity contribution < 1.29 is 0 Å². The van der Waals surface area contributed by atoms with E-state index in [9.17, 15) is 4.79 Å². The molecule has 0 spiro atoms. The van der Waals surface area contributed by atoms with E-state index in [1.54, 1.807) is 4.40 Å². The lowest BCUT2D eigenvalue weighted by molar-refractivity contribution is 1.13. The molecule has 2 heterocycles. The average molecular weight is 396 g/mol. The Labute approximate surface area is 177 Å². The molecule has 3 heteroatoms. The lowest BCUT2D eigenvalue weighted by Gasteiger charge is -2.11. The summed E-state index contributed by atoms with van der Waals surface area (Å²) >= 11 is 0. The SMILES string of the molecule is O=c1c2ccccc2c2c3ccc4ccccc4c3cc3nc(-c4ccccc4)n1c32. The van der Waals surface area contributed by atoms with Gasteiger partial charge in [-0.3, -0.25) is 9.20 Å². The van der Waals surface area contributed by atoms with Crippen LogP contribution in [0.5, 0.6) is 0 Å². The smallest absolute Gasteiger partial charge is 0.264 e. The number of aromatic nitrogens is 2. The summed E-state index contributed by atoms with van der Waals surface area (Å²) in [6, 6.07) is 32.8. The van der Waals surface area contributed by atoms with Crippen LogP contribution >= 0.6 is 0 Å². The van der Waals surface area contributed by atoms with Crippen LogP contribution in [0.25, 0.3) is 60.1 Å². The summed E-state index contributed by atoms with van der Waals surface area (Å²) in [6.45, 7) is 0. The zero-order valence-corrected chi connectivity index (χ0v) is 16.5. The normalized spacial score (nSPS) is 12.0. The molecule has 0 bridgehead atoms. The largest absolute Gasteiger partial charge is 0.268 e. The highest BCUT2D eigenvalue weighted by molar-refractivity contribution is 6.27. The predicted molar refractivity (Wildman–Crippen MR) is 128 cm³/mol. The van der Waals surface area contributed by atoms with E-state index in [-0.39, 0.29) is 5.56 Å². The van der Waals surface area contributed by atoms with Gasteiger partial charge in [-0.05, 0) is 39.1 Å². The van der Waals surface area contributed by atoms with Gasteiger partial charge in [0.15, 0.2) is 0 Å². The molecular formula is C28H16N2O. The molecule has 0 aliphatic carbocycles. The summed E-state index contributed by atoms with van der Waals surface area (Å²) < 4.78 is 1.80. The number of fused-ring (bicyclic) bond motifs is 6. The zero-order chi connectivity index (χ0) is 20.5. The van der Waals surface area contributed by atoms with Crippen molar-refractivity contribution in [1.82, 2.24) is 9.38 Å². The molecule has 0 radical (unpaired) electrons. The second-order valence-electron chi connectivity index (χ2n) is 7.99. The third-order valence-corrected chi connectivity index (χ3v) is 6.32. The lowest BCUT2D eigenvalue weighted by atomic mass is 9.95. The van der Waals surface area contributed by atoms with E-state index < -0.39 is 0 Å². The van der Waals surface area contributed by atoms with Gasteiger partial charge in [0.05, 0.1) is 11.0 Å². The molecule has 0 fully saturated rings. The topological polar surface area (TPSA) is 34.4 Å². The number of hydrogen-bond acceptors (Lipinski definition) is 2. The molecule has 0 unspecified atom stereocenters. The first-order valence-electron chi connectivity index (χ1n) is 10.4. The minimum absolute atomic E-state index is 0.0235. The van der Waals surface area contributed by atoms with Gasteiger partial charge >= 0.3 is 0 Å². The first-order chi connectivity index (χ1) is 15.3. The summed E-state index contributed by atoms with van der Waals surface area (Å²) in [5.74, 6) is 0.691. The summed E-state index contributed by atoms with van der Waals surface area (Å²) in [7, 11) is 0. The van der Waals surface area contributed by atoms with E-state index in [1.807, 2.05) is 48.5 Å². The van der Waals surface area contributed by atoms with Gasteiger partial charge in [-0.2, -0.15) is 0 Å². The van der Waals surface area contributed by atoms with Gasteiger partial charge < -0.3 is 0 Å². The van der Waals surface area contributed by atoms with E-state index in [0.717, 1.165) is 38.1 Å². The fourth-order valence-corrected chi connectivity index (χ4v) is 4.97. The summed E-state index contributed by atoms with van der Waals surface area (Å²) in [6.07, 6.45) is 0. The zero-order valence-electron chi connectivity index (χ0n) is 16.5. The second kappa shape index (κ2) is 5.89. The summed E-state index contributed by atoms with van der Waals surface area (Å²) in [5, 5.41) is 7.48. The first kappa shape index (κ1) is 16.5. The molecule has 0 saturated carbocycles. The fourth-order valence-electron chi connectivity index (χ4n) is 4.97. The van der Waals surface area contributed by atoms with Crippen LogP contribution in [-0.4, -0.2) is 9.38 Å². The molecule has 2 aromatic heterocycles. The highest BCUT2D eigenvalue weighted by atomic mass is 16.1. The van der Waals surface area contributed by atoms with Gasteiger partial charge in [0, 0.05) is 16.3 Å². The van der Waals surface area contributed by atoms with Crippen molar-refractivity contribution in [2.75, 3.05) is 0 Å². The molecule has 0 saturated heterocycles. The highest BCUT2D eigenvalue weighted by Gasteiger charge is 2.20. The third-order valence-electron chi connectivity index (χ3n) is 6.32. The highest BCUT2D eigenvalue weighted by Crippen LogP contribution is 2.38. The molecule has 7 aromatic rings. The number of benzene rings is 5. The van der Waals surface area contributed by atoms with Crippen molar-refractivity contribution >= 4 is 48.7 Å². The molecule has 0 amide bonds. The second-order valence-corrected chi connectivity index (χ2v) is 7.99. The van der Waals surface area contributed by atoms with E-state index in [1.165, 1.54) is 10.8 Å². The molecule has 144 valence electrons. The lowest BCUT2D eigenvalue weighted by Crippen LogP contribution is -2.14. The minimum Gasteiger partial charge on any atom is -0.268 e. The molecule has 0 aliphatic rings. The Morgan fingerprint density at radius 3 is 2.13 bits per heavy atom. The molecule has 0 N–H and O–H groups in total. The quantitative estimate of drug-likeness (QED) is 0.300. The van der Waals surface area contributed by atoms with Gasteiger partial charge in [0.25, 0.3) is 5.56 Å². The number of imidazole rings is 1. The molecule has 0 atom stereocenters. The van der Waals surface area contributed by atoms with Crippen molar-refractivity contribution in [2.45, 2.75) is 0 Å². The third kappa shape index (κ3) is 2.12. The van der Waals surface area contributed by atoms with Gasteiger partial charge in [-0.1, -0.05) is 84.9 Å². The number of pyridine rings is 1. The van der Waals surface area contributed by atoms with Crippen molar-refractivity contribution in [3.05, 3.63) is 107 Å². The van der Waals surface area contributed by atoms with Gasteiger partial charge in [0.1, 0.15) is 5.82 Å². The van der Waals surface area contributed by atoms with Crippen LogP contribution in [0.15, 0.2) is 102 Å². The molecule has 0 aliphatic heterocycles. The average Bonchev–Trinajstić information content (AvgIpc) is 3.22. The Bertz CT molecular complexity index is 1850. The van der Waals surface area contributed by atoms with Gasteiger partial charge in [-0.25, -0.2) is 4.98 Å². The Morgan fingerprint density at radius 1 is 0.613 bits per heavy atom. The van der Waals surface area contributed by atoms with E-state index in [4.69, 9.17) is 4.98 Å². The van der Waals surface area contributed by atoms with Crippen molar-refractivity contribution in [1.29, 1.82) is 0 Å². The predicted octanol–water partition coefficient (Wildman–Crippen LogP) is 6.41. The van der Waals surface area contributed by atoms with Gasteiger partial charge in [0.2, 0.25) is 0 Å². The number of hydrogen-bond donors (Lipinski definition) is 0. The van der Waals surface area contributed by atoms with Crippen molar-refractivity contribution in [3.63, 3.8) is 0 Å². The molecule has 3 nitrogen and oxygen atoms in total. The fraction of sp³-hybridized carbons (Fsp3) is 0. The standard InChI is InChI=1S/C28H16N2O/c31-28-22-13-7-6-12-20(22)25-21-15-14-17-8-4-5-11-19(17)23(21)16-24-26(25)30(28)27(29-24)18-9-2-1-3-10-18/h1-16H. The Kier molecular flexibility index (Phi) is 3.15. The van der Waals surface area contributed by atoms with Crippen molar-refractivity contribution in [2.24, 2.45) is 0 Å².